The van der Waals surface area contributed by atoms with E-state index < -0.39 is 0 Å². The lowest BCUT2D eigenvalue weighted by Gasteiger charge is -2.43. The summed E-state index contributed by atoms with van der Waals surface area (Å²) in [5, 5.41) is 0. The fourth-order valence-corrected chi connectivity index (χ4v) is 2.52. The van der Waals surface area contributed by atoms with Crippen molar-refractivity contribution >= 4 is 5.91 Å². The molecule has 2 rings (SSSR count). The molecule has 0 saturated carbocycles. The molecule has 0 spiro atoms. The molecule has 0 aliphatic carbocycles. The number of carbonyl (C=O) groups is 1. The summed E-state index contributed by atoms with van der Waals surface area (Å²) in [5.74, 6) is 0.0841. The van der Waals surface area contributed by atoms with Crippen LogP contribution in [-0.4, -0.2) is 59.0 Å². The summed E-state index contributed by atoms with van der Waals surface area (Å²) in [6.07, 6.45) is 1.72. The van der Waals surface area contributed by atoms with Gasteiger partial charge in [-0.15, -0.1) is 0 Å². The Morgan fingerprint density at radius 1 is 1.35 bits per heavy atom. The van der Waals surface area contributed by atoms with E-state index in [0.717, 1.165) is 31.9 Å². The molecule has 1 aliphatic heterocycles. The van der Waals surface area contributed by atoms with Crippen LogP contribution in [0.3, 0.4) is 0 Å². The Balaban J connectivity index is 2.01. The van der Waals surface area contributed by atoms with Crippen LogP contribution in [0.1, 0.15) is 29.9 Å². The number of aromatic nitrogens is 1. The second kappa shape index (κ2) is 5.89. The molecular formula is C15H24N4O. The Hall–Kier alpha value is -1.46. The predicted molar refractivity (Wildman–Crippen MR) is 79.6 cm³/mol. The van der Waals surface area contributed by atoms with E-state index in [-0.39, 0.29) is 11.4 Å². The molecule has 1 saturated heterocycles. The Labute approximate surface area is 120 Å². The molecule has 20 heavy (non-hydrogen) atoms. The van der Waals surface area contributed by atoms with Crippen molar-refractivity contribution in [2.45, 2.75) is 26.3 Å². The molecule has 0 atom stereocenters. The van der Waals surface area contributed by atoms with Gasteiger partial charge in [0, 0.05) is 50.2 Å². The molecular weight excluding hydrogens is 252 g/mol. The third kappa shape index (κ3) is 2.99. The molecule has 0 radical (unpaired) electrons. The number of rotatable bonds is 3. The van der Waals surface area contributed by atoms with Gasteiger partial charge in [-0.25, -0.2) is 0 Å². The Bertz CT molecular complexity index is 479. The fraction of sp³-hybridized carbons (Fsp3) is 0.600. The van der Waals surface area contributed by atoms with Crippen LogP contribution < -0.4 is 5.73 Å². The lowest BCUT2D eigenvalue weighted by Crippen LogP contribution is -2.58. The van der Waals surface area contributed by atoms with Crippen molar-refractivity contribution in [1.82, 2.24) is 14.8 Å². The highest BCUT2D eigenvalue weighted by atomic mass is 16.2. The first-order valence-electron chi connectivity index (χ1n) is 7.12. The van der Waals surface area contributed by atoms with Gasteiger partial charge in [-0.2, -0.15) is 0 Å². The molecule has 1 aromatic rings. The molecule has 2 heterocycles. The number of aryl methyl sites for hydroxylation is 1. The standard InChI is InChI=1S/C15H24N4O/c1-12-13(5-4-6-17-12)14(20)18-7-9-19(10-8-18)15(2,3)11-16/h4-6H,7-11,16H2,1-3H3. The number of hydrogen-bond donors (Lipinski definition) is 1. The van der Waals surface area contributed by atoms with Crippen LogP contribution in [0.5, 0.6) is 0 Å². The summed E-state index contributed by atoms with van der Waals surface area (Å²) in [5.41, 5.74) is 7.31. The minimum absolute atomic E-state index is 0.000638. The zero-order valence-corrected chi connectivity index (χ0v) is 12.6. The van der Waals surface area contributed by atoms with Gasteiger partial charge in [-0.3, -0.25) is 14.7 Å². The lowest BCUT2D eigenvalue weighted by atomic mass is 10.0. The first-order valence-corrected chi connectivity index (χ1v) is 7.12. The summed E-state index contributed by atoms with van der Waals surface area (Å²) in [6, 6.07) is 3.66. The highest BCUT2D eigenvalue weighted by molar-refractivity contribution is 5.95. The van der Waals surface area contributed by atoms with Gasteiger partial charge in [0.25, 0.3) is 5.91 Å². The van der Waals surface area contributed by atoms with Gasteiger partial charge >= 0.3 is 0 Å². The van der Waals surface area contributed by atoms with Gasteiger partial charge in [0.05, 0.1) is 5.56 Å². The molecule has 2 N–H and O–H groups in total. The van der Waals surface area contributed by atoms with Crippen LogP contribution in [0.15, 0.2) is 18.3 Å². The monoisotopic (exact) mass is 276 g/mol. The van der Waals surface area contributed by atoms with Gasteiger partial charge in [-0.05, 0) is 32.9 Å². The predicted octanol–water partition coefficient (Wildman–Crippen LogP) is 0.885. The number of piperazine rings is 1. The van der Waals surface area contributed by atoms with Crippen molar-refractivity contribution in [3.63, 3.8) is 0 Å². The minimum Gasteiger partial charge on any atom is -0.336 e. The van der Waals surface area contributed by atoms with Crippen molar-refractivity contribution in [2.24, 2.45) is 5.73 Å². The normalized spacial score (nSPS) is 17.3. The average Bonchev–Trinajstić information content (AvgIpc) is 2.47. The minimum atomic E-state index is -0.000638. The molecule has 1 amide bonds. The molecule has 5 heteroatoms. The number of carbonyl (C=O) groups excluding carboxylic acids is 1. The largest absolute Gasteiger partial charge is 0.336 e. The number of amides is 1. The molecule has 1 aliphatic rings. The van der Waals surface area contributed by atoms with E-state index in [9.17, 15) is 4.79 Å². The summed E-state index contributed by atoms with van der Waals surface area (Å²) in [7, 11) is 0. The van der Waals surface area contributed by atoms with Crippen LogP contribution >= 0.6 is 0 Å². The first kappa shape index (κ1) is 14.9. The zero-order chi connectivity index (χ0) is 14.8. The van der Waals surface area contributed by atoms with Gasteiger partial charge in [0.2, 0.25) is 0 Å². The second-order valence-corrected chi connectivity index (χ2v) is 5.93. The maximum absolute atomic E-state index is 12.5. The molecule has 1 aromatic heterocycles. The maximum atomic E-state index is 12.5. The third-order valence-electron chi connectivity index (χ3n) is 4.16. The van der Waals surface area contributed by atoms with Gasteiger partial charge in [0.1, 0.15) is 0 Å². The number of nitrogens with zero attached hydrogens (tertiary/aromatic N) is 3. The van der Waals surface area contributed by atoms with Crippen LogP contribution in [0.2, 0.25) is 0 Å². The smallest absolute Gasteiger partial charge is 0.255 e. The van der Waals surface area contributed by atoms with Crippen molar-refractivity contribution in [3.05, 3.63) is 29.6 Å². The Morgan fingerprint density at radius 2 is 2.00 bits per heavy atom. The van der Waals surface area contributed by atoms with Gasteiger partial charge < -0.3 is 10.6 Å². The van der Waals surface area contributed by atoms with Crippen LogP contribution in [-0.2, 0) is 0 Å². The van der Waals surface area contributed by atoms with Crippen LogP contribution in [0.4, 0.5) is 0 Å². The van der Waals surface area contributed by atoms with E-state index in [1.54, 1.807) is 6.20 Å². The third-order valence-corrected chi connectivity index (χ3v) is 4.16. The van der Waals surface area contributed by atoms with Crippen LogP contribution in [0.25, 0.3) is 0 Å². The van der Waals surface area contributed by atoms with Gasteiger partial charge in [-0.1, -0.05) is 0 Å². The maximum Gasteiger partial charge on any atom is 0.255 e. The number of nitrogens with two attached hydrogens (primary N) is 1. The van der Waals surface area contributed by atoms with E-state index >= 15 is 0 Å². The topological polar surface area (TPSA) is 62.5 Å². The van der Waals surface area contributed by atoms with E-state index in [0.29, 0.717) is 12.1 Å². The van der Waals surface area contributed by atoms with Crippen molar-refractivity contribution < 1.29 is 4.79 Å². The highest BCUT2D eigenvalue weighted by Gasteiger charge is 2.30. The van der Waals surface area contributed by atoms with Crippen LogP contribution in [0, 0.1) is 6.92 Å². The molecule has 5 nitrogen and oxygen atoms in total. The quantitative estimate of drug-likeness (QED) is 0.890. The lowest BCUT2D eigenvalue weighted by molar-refractivity contribution is 0.0425. The van der Waals surface area contributed by atoms with Crippen molar-refractivity contribution in [2.75, 3.05) is 32.7 Å². The highest BCUT2D eigenvalue weighted by Crippen LogP contribution is 2.17. The molecule has 0 aromatic carbocycles. The van der Waals surface area contributed by atoms with Crippen molar-refractivity contribution in [3.8, 4) is 0 Å². The summed E-state index contributed by atoms with van der Waals surface area (Å²) in [4.78, 5) is 20.9. The average molecular weight is 276 g/mol. The first-order chi connectivity index (χ1) is 9.45. The second-order valence-electron chi connectivity index (χ2n) is 5.93. The molecule has 0 unspecified atom stereocenters. The van der Waals surface area contributed by atoms with E-state index in [2.05, 4.69) is 23.7 Å². The molecule has 1 fully saturated rings. The van der Waals surface area contributed by atoms with E-state index in [1.807, 2.05) is 24.0 Å². The number of hydrogen-bond acceptors (Lipinski definition) is 4. The van der Waals surface area contributed by atoms with E-state index in [1.165, 1.54) is 0 Å². The number of pyridine rings is 1. The van der Waals surface area contributed by atoms with Crippen molar-refractivity contribution in [1.29, 1.82) is 0 Å². The summed E-state index contributed by atoms with van der Waals surface area (Å²) < 4.78 is 0. The summed E-state index contributed by atoms with van der Waals surface area (Å²) >= 11 is 0. The molecule has 0 bridgehead atoms. The fourth-order valence-electron chi connectivity index (χ4n) is 2.52. The zero-order valence-electron chi connectivity index (χ0n) is 12.6. The van der Waals surface area contributed by atoms with Gasteiger partial charge in [0.15, 0.2) is 0 Å². The van der Waals surface area contributed by atoms with E-state index in [4.69, 9.17) is 5.73 Å². The summed E-state index contributed by atoms with van der Waals surface area (Å²) in [6.45, 7) is 10.0. The SMILES string of the molecule is Cc1ncccc1C(=O)N1CCN(C(C)(C)CN)CC1. The molecule has 110 valence electrons. The Kier molecular flexibility index (Phi) is 4.40. The Morgan fingerprint density at radius 3 is 2.55 bits per heavy atom.